The number of carbonyl (C=O) groups is 3. The van der Waals surface area contributed by atoms with E-state index in [4.69, 9.17) is 15.5 Å². The van der Waals surface area contributed by atoms with Gasteiger partial charge in [-0.2, -0.15) is 0 Å². The lowest BCUT2D eigenvalue weighted by Crippen LogP contribution is -2.40. The molecule has 6 aromatic rings. The number of amides is 3. The minimum atomic E-state index is -0.967. The number of rotatable bonds is 10. The number of para-hydroxylation sites is 1. The number of H-pyrrole nitrogens is 2. The molecule has 2 aromatic heterocycles. The summed E-state index contributed by atoms with van der Waals surface area (Å²) in [5.41, 5.74) is 12.4. The van der Waals surface area contributed by atoms with Crippen LogP contribution in [0, 0.1) is 0 Å². The number of ether oxygens (including phenoxy) is 1. The molecular weight excluding hydrogens is 705 g/mol. The number of imidazole rings is 2. The highest BCUT2D eigenvalue weighted by molar-refractivity contribution is 5.98. The zero-order chi connectivity index (χ0) is 38.8. The van der Waals surface area contributed by atoms with Gasteiger partial charge in [0.05, 0.1) is 41.4 Å². The summed E-state index contributed by atoms with van der Waals surface area (Å²) in [5.74, 6) is 1.51. The lowest BCUT2D eigenvalue weighted by Gasteiger charge is -2.31. The average Bonchev–Trinajstić information content (AvgIpc) is 4.05. The van der Waals surface area contributed by atoms with Crippen LogP contribution in [-0.2, 0) is 4.79 Å². The lowest BCUT2D eigenvalue weighted by atomic mass is 10.0. The number of nitrogens with zero attached hydrogens (tertiary/aromatic N) is 5. The van der Waals surface area contributed by atoms with Crippen LogP contribution in [0.25, 0.3) is 33.6 Å². The number of aromatic amines is 2. The summed E-state index contributed by atoms with van der Waals surface area (Å²) >= 11 is 0. The van der Waals surface area contributed by atoms with E-state index in [0.717, 1.165) is 70.7 Å². The molecule has 2 saturated heterocycles. The fourth-order valence-electron chi connectivity index (χ4n) is 8.05. The lowest BCUT2D eigenvalue weighted by molar-refractivity contribution is -0.137. The molecule has 4 N–H and O–H groups in total. The average molecular weight is 749 g/mol. The maximum absolute atomic E-state index is 13.9. The summed E-state index contributed by atoms with van der Waals surface area (Å²) in [5, 5.41) is 0. The Morgan fingerprint density at radius 3 is 1.75 bits per heavy atom. The van der Waals surface area contributed by atoms with E-state index in [9.17, 15) is 14.4 Å². The maximum atomic E-state index is 13.9. The molecule has 2 aliphatic heterocycles. The molecule has 12 nitrogen and oxygen atoms in total. The quantitative estimate of drug-likeness (QED) is 0.131. The number of hydrogen-bond donors (Lipinski definition) is 3. The van der Waals surface area contributed by atoms with Gasteiger partial charge in [0.15, 0.2) is 0 Å². The number of likely N-dealkylation sites (tertiary alicyclic amines) is 2. The van der Waals surface area contributed by atoms with E-state index in [1.165, 1.54) is 0 Å². The molecule has 2 aliphatic rings. The van der Waals surface area contributed by atoms with Gasteiger partial charge in [-0.15, -0.1) is 0 Å². The first-order valence-corrected chi connectivity index (χ1v) is 19.0. The Morgan fingerprint density at radius 2 is 1.20 bits per heavy atom. The normalized spacial score (nSPS) is 17.3. The summed E-state index contributed by atoms with van der Waals surface area (Å²) in [4.78, 5) is 61.0. The van der Waals surface area contributed by atoms with E-state index in [1.54, 1.807) is 35.4 Å². The molecule has 0 bridgehead atoms. The first kappa shape index (κ1) is 36.4. The molecule has 4 heterocycles. The van der Waals surface area contributed by atoms with E-state index in [-0.39, 0.29) is 41.3 Å². The van der Waals surface area contributed by atoms with E-state index in [0.29, 0.717) is 18.9 Å². The molecule has 4 aromatic carbocycles. The molecule has 0 aliphatic carbocycles. The molecule has 12 heteroatoms. The highest BCUT2D eigenvalue weighted by Gasteiger charge is 2.37. The number of benzene rings is 4. The molecule has 0 radical (unpaired) electrons. The Labute approximate surface area is 325 Å². The minimum absolute atomic E-state index is 0.0922. The van der Waals surface area contributed by atoms with Gasteiger partial charge in [0.2, 0.25) is 5.91 Å². The van der Waals surface area contributed by atoms with Crippen LogP contribution in [-0.4, -0.2) is 79.7 Å². The van der Waals surface area contributed by atoms with Crippen molar-refractivity contribution in [3.05, 3.63) is 138 Å². The molecule has 0 saturated carbocycles. The second kappa shape index (κ2) is 15.7. The first-order valence-electron chi connectivity index (χ1n) is 19.0. The molecule has 3 amide bonds. The largest absolute Gasteiger partial charge is 0.410 e. The molecule has 56 heavy (non-hydrogen) atoms. The topological polar surface area (TPSA) is 154 Å². The Kier molecular flexibility index (Phi) is 10.2. The van der Waals surface area contributed by atoms with Crippen molar-refractivity contribution in [2.24, 2.45) is 5.73 Å². The Bertz CT molecular complexity index is 2330. The standard InChI is InChI=1S/C44H44N8O4/c1-50(2)39(32-10-4-3-5-11-32)43(54)52-25-9-14-37(52)41-47-27-35(49-41)31-22-18-29(19-23-31)28-16-20-30(21-17-28)34-26-46-40(48-34)36-13-8-24-51(36)42(53)33-12-6-7-15-38(33)56-44(45)55/h3-7,10-12,15-23,26-27,36-37,39H,8-9,13-14,24-25H2,1-2H3,(H2,45,55)(H,46,48)(H,47,49)/t36-,37-,39+/m0/s1. The highest BCUT2D eigenvalue weighted by atomic mass is 16.5. The molecule has 3 atom stereocenters. The van der Waals surface area contributed by atoms with E-state index in [2.05, 4.69) is 63.5 Å². The summed E-state index contributed by atoms with van der Waals surface area (Å²) in [6, 6.07) is 32.5. The van der Waals surface area contributed by atoms with Crippen LogP contribution >= 0.6 is 0 Å². The fraction of sp³-hybridized carbons (Fsp3) is 0.250. The SMILES string of the molecule is CN(C)[C@@H](C(=O)N1CCC[C@H]1c1ncc(-c2ccc(-c3ccc(-c4cnc([C@@H]5CCCN5C(=O)c5ccccc5OC(N)=O)[nH]4)cc3)cc2)[nH]1)c1ccccc1. The van der Waals surface area contributed by atoms with Gasteiger partial charge < -0.3 is 30.2 Å². The molecule has 0 spiro atoms. The fourth-order valence-corrected chi connectivity index (χ4v) is 8.05. The van der Waals surface area contributed by atoms with Gasteiger partial charge in [0.1, 0.15) is 23.4 Å². The van der Waals surface area contributed by atoms with Crippen molar-refractivity contribution in [3.8, 4) is 39.4 Å². The maximum Gasteiger partial charge on any atom is 0.409 e. The number of hydrogen-bond acceptors (Lipinski definition) is 7. The highest BCUT2D eigenvalue weighted by Crippen LogP contribution is 2.37. The minimum Gasteiger partial charge on any atom is -0.410 e. The van der Waals surface area contributed by atoms with Crippen molar-refractivity contribution < 1.29 is 19.1 Å². The number of carbonyl (C=O) groups excluding carboxylic acids is 3. The van der Waals surface area contributed by atoms with Crippen molar-refractivity contribution in [3.63, 3.8) is 0 Å². The van der Waals surface area contributed by atoms with Crippen LogP contribution in [0.15, 0.2) is 116 Å². The van der Waals surface area contributed by atoms with Gasteiger partial charge in [-0.1, -0.05) is 91.0 Å². The van der Waals surface area contributed by atoms with Crippen molar-refractivity contribution in [2.45, 2.75) is 43.8 Å². The Balaban J connectivity index is 0.931. The van der Waals surface area contributed by atoms with E-state index in [1.807, 2.05) is 60.4 Å². The molecule has 284 valence electrons. The first-order chi connectivity index (χ1) is 27.2. The van der Waals surface area contributed by atoms with Gasteiger partial charge in [-0.25, -0.2) is 14.8 Å². The predicted molar refractivity (Wildman–Crippen MR) is 213 cm³/mol. The number of aromatic nitrogens is 4. The van der Waals surface area contributed by atoms with Gasteiger partial charge >= 0.3 is 6.09 Å². The third kappa shape index (κ3) is 7.30. The van der Waals surface area contributed by atoms with Crippen molar-refractivity contribution >= 4 is 17.9 Å². The second-order valence-electron chi connectivity index (χ2n) is 14.6. The van der Waals surface area contributed by atoms with E-state index < -0.39 is 6.09 Å². The van der Waals surface area contributed by atoms with Crippen LogP contribution in [0.4, 0.5) is 4.79 Å². The third-order valence-corrected chi connectivity index (χ3v) is 10.8. The third-order valence-electron chi connectivity index (χ3n) is 10.8. The zero-order valence-corrected chi connectivity index (χ0v) is 31.4. The van der Waals surface area contributed by atoms with Gasteiger partial charge in [-0.3, -0.25) is 14.5 Å². The number of nitrogens with two attached hydrogens (primary N) is 1. The van der Waals surface area contributed by atoms with Crippen LogP contribution in [0.3, 0.4) is 0 Å². The zero-order valence-electron chi connectivity index (χ0n) is 31.4. The Hall–Kier alpha value is -6.53. The van der Waals surface area contributed by atoms with Gasteiger partial charge in [0, 0.05) is 13.1 Å². The van der Waals surface area contributed by atoms with Crippen molar-refractivity contribution in [1.82, 2.24) is 34.6 Å². The van der Waals surface area contributed by atoms with Gasteiger partial charge in [-0.05, 0) is 79.7 Å². The van der Waals surface area contributed by atoms with Crippen molar-refractivity contribution in [1.29, 1.82) is 0 Å². The number of primary amides is 1. The summed E-state index contributed by atoms with van der Waals surface area (Å²) < 4.78 is 5.10. The van der Waals surface area contributed by atoms with Crippen molar-refractivity contribution in [2.75, 3.05) is 27.2 Å². The summed E-state index contributed by atoms with van der Waals surface area (Å²) in [7, 11) is 3.90. The molecular formula is C44H44N8O4. The number of nitrogens with one attached hydrogen (secondary N) is 2. The second-order valence-corrected chi connectivity index (χ2v) is 14.6. The summed E-state index contributed by atoms with van der Waals surface area (Å²) in [6.45, 7) is 1.27. The Morgan fingerprint density at radius 1 is 0.696 bits per heavy atom. The smallest absolute Gasteiger partial charge is 0.409 e. The van der Waals surface area contributed by atoms with Crippen LogP contribution in [0.2, 0.25) is 0 Å². The molecule has 0 unspecified atom stereocenters. The molecule has 8 rings (SSSR count). The predicted octanol–water partition coefficient (Wildman–Crippen LogP) is 7.54. The monoisotopic (exact) mass is 748 g/mol. The molecule has 2 fully saturated rings. The van der Waals surface area contributed by atoms with Gasteiger partial charge in [0.25, 0.3) is 5.91 Å². The number of likely N-dealkylation sites (N-methyl/N-ethyl adjacent to an activating group) is 1. The van der Waals surface area contributed by atoms with Crippen LogP contribution in [0.1, 0.15) is 71.4 Å². The van der Waals surface area contributed by atoms with Crippen LogP contribution < -0.4 is 10.5 Å². The summed E-state index contributed by atoms with van der Waals surface area (Å²) in [6.07, 6.45) is 6.08. The van der Waals surface area contributed by atoms with E-state index >= 15 is 0 Å². The van der Waals surface area contributed by atoms with Crippen LogP contribution in [0.5, 0.6) is 5.75 Å².